The van der Waals surface area contributed by atoms with Crippen LogP contribution in [0.5, 0.6) is 0 Å². The normalized spacial score (nSPS) is 20.2. The van der Waals surface area contributed by atoms with Crippen molar-refractivity contribution in [2.45, 2.75) is 26.2 Å². The summed E-state index contributed by atoms with van der Waals surface area (Å²) in [5.41, 5.74) is 2.58. The van der Waals surface area contributed by atoms with Crippen molar-refractivity contribution >= 4 is 27.3 Å². The number of alkyl halides is 1. The standard InChI is InChI=1S/C15H20N4O.CH3Br/c1-12-9-19-11-16-8-13(19)14(17-12)18-5-2-15(3-6-18)4-7-20-10-15;1-2/h8-9,11H,2-7,10H2,1H3;1H3. The Bertz CT molecular complexity index is 626. The van der Waals surface area contributed by atoms with Crippen LogP contribution in [-0.2, 0) is 4.74 Å². The van der Waals surface area contributed by atoms with Crippen LogP contribution in [0.2, 0.25) is 0 Å². The van der Waals surface area contributed by atoms with Crippen molar-refractivity contribution < 1.29 is 4.74 Å². The summed E-state index contributed by atoms with van der Waals surface area (Å²) in [5.74, 6) is 2.89. The second-order valence-corrected chi connectivity index (χ2v) is 6.18. The number of rotatable bonds is 1. The second kappa shape index (κ2) is 6.54. The third kappa shape index (κ3) is 2.86. The van der Waals surface area contributed by atoms with E-state index in [-0.39, 0.29) is 0 Å². The largest absolute Gasteiger partial charge is 0.381 e. The molecule has 4 rings (SSSR count). The molecule has 0 aromatic carbocycles. The minimum absolute atomic E-state index is 0.441. The lowest BCUT2D eigenvalue weighted by Gasteiger charge is -2.39. The summed E-state index contributed by atoms with van der Waals surface area (Å²) < 4.78 is 7.68. The van der Waals surface area contributed by atoms with Gasteiger partial charge >= 0.3 is 0 Å². The highest BCUT2D eigenvalue weighted by molar-refractivity contribution is 9.08. The SMILES string of the molecule is CBr.Cc1cn2cncc2c(N2CCC3(CCOC3)CC2)n1. The van der Waals surface area contributed by atoms with E-state index in [0.29, 0.717) is 5.41 Å². The number of halogens is 1. The maximum absolute atomic E-state index is 5.61. The summed E-state index contributed by atoms with van der Waals surface area (Å²) in [4.78, 5) is 11.4. The first-order valence-electron chi connectivity index (χ1n) is 7.76. The lowest BCUT2D eigenvalue weighted by atomic mass is 9.78. The first-order chi connectivity index (χ1) is 10.8. The zero-order chi connectivity index (χ0) is 15.6. The van der Waals surface area contributed by atoms with E-state index >= 15 is 0 Å². The molecular formula is C16H23BrN4O. The molecule has 2 aromatic rings. The van der Waals surface area contributed by atoms with Crippen LogP contribution in [0.25, 0.3) is 5.52 Å². The fraction of sp³-hybridized carbons (Fsp3) is 0.625. The van der Waals surface area contributed by atoms with Gasteiger partial charge in [-0.2, -0.15) is 0 Å². The fourth-order valence-corrected chi connectivity index (χ4v) is 3.50. The smallest absolute Gasteiger partial charge is 0.154 e. The Morgan fingerprint density at radius 2 is 2.00 bits per heavy atom. The number of anilines is 1. The van der Waals surface area contributed by atoms with E-state index in [4.69, 9.17) is 9.72 Å². The van der Waals surface area contributed by atoms with Crippen LogP contribution in [0.15, 0.2) is 18.7 Å². The van der Waals surface area contributed by atoms with Gasteiger partial charge in [0, 0.05) is 25.9 Å². The van der Waals surface area contributed by atoms with Crippen LogP contribution in [0.4, 0.5) is 5.82 Å². The van der Waals surface area contributed by atoms with Crippen molar-refractivity contribution in [2.24, 2.45) is 5.41 Å². The van der Waals surface area contributed by atoms with Crippen molar-refractivity contribution in [3.63, 3.8) is 0 Å². The van der Waals surface area contributed by atoms with Gasteiger partial charge in [0.1, 0.15) is 5.52 Å². The lowest BCUT2D eigenvalue weighted by Crippen LogP contribution is -2.41. The van der Waals surface area contributed by atoms with E-state index in [1.165, 1.54) is 19.3 Å². The number of aromatic nitrogens is 3. The number of aryl methyl sites for hydroxylation is 1. The molecule has 0 amide bonds. The van der Waals surface area contributed by atoms with E-state index in [9.17, 15) is 0 Å². The van der Waals surface area contributed by atoms with E-state index < -0.39 is 0 Å². The number of piperidine rings is 1. The van der Waals surface area contributed by atoms with Crippen molar-refractivity contribution in [1.29, 1.82) is 0 Å². The molecule has 0 unspecified atom stereocenters. The molecule has 0 saturated carbocycles. The molecule has 0 radical (unpaired) electrons. The van der Waals surface area contributed by atoms with Gasteiger partial charge in [0.2, 0.25) is 0 Å². The molecule has 0 bridgehead atoms. The molecule has 2 saturated heterocycles. The van der Waals surface area contributed by atoms with Gasteiger partial charge in [-0.05, 0) is 37.4 Å². The maximum Gasteiger partial charge on any atom is 0.154 e. The number of nitrogens with zero attached hydrogens (tertiary/aromatic N) is 4. The molecule has 6 heteroatoms. The first-order valence-corrected chi connectivity index (χ1v) is 9.34. The van der Waals surface area contributed by atoms with Gasteiger partial charge in [-0.3, -0.25) is 0 Å². The third-order valence-electron chi connectivity index (χ3n) is 4.81. The number of ether oxygens (including phenoxy) is 1. The summed E-state index contributed by atoms with van der Waals surface area (Å²) in [5, 5.41) is 0. The van der Waals surface area contributed by atoms with Gasteiger partial charge in [0.05, 0.1) is 24.8 Å². The molecule has 2 aliphatic heterocycles. The Hall–Kier alpha value is -1.14. The quantitative estimate of drug-likeness (QED) is 0.727. The van der Waals surface area contributed by atoms with Gasteiger partial charge in [0.25, 0.3) is 0 Å². The van der Waals surface area contributed by atoms with Crippen LogP contribution in [-0.4, -0.2) is 46.5 Å². The third-order valence-corrected chi connectivity index (χ3v) is 4.81. The van der Waals surface area contributed by atoms with Gasteiger partial charge in [-0.15, -0.1) is 0 Å². The molecule has 22 heavy (non-hydrogen) atoms. The van der Waals surface area contributed by atoms with Crippen LogP contribution in [0.3, 0.4) is 0 Å². The molecule has 0 N–H and O–H groups in total. The Morgan fingerprint density at radius 3 is 2.68 bits per heavy atom. The molecular weight excluding hydrogens is 344 g/mol. The zero-order valence-electron chi connectivity index (χ0n) is 13.3. The predicted octanol–water partition coefficient (Wildman–Crippen LogP) is 3.06. The molecule has 2 aromatic heterocycles. The number of hydrogen-bond donors (Lipinski definition) is 0. The van der Waals surface area contributed by atoms with E-state index in [0.717, 1.165) is 43.3 Å². The second-order valence-electron chi connectivity index (χ2n) is 6.18. The average molecular weight is 367 g/mol. The summed E-state index contributed by atoms with van der Waals surface area (Å²) in [6.07, 6.45) is 9.44. The first kappa shape index (κ1) is 15.7. The van der Waals surface area contributed by atoms with Crippen molar-refractivity contribution in [1.82, 2.24) is 14.4 Å². The highest BCUT2D eigenvalue weighted by Crippen LogP contribution is 2.40. The van der Waals surface area contributed by atoms with Crippen LogP contribution in [0.1, 0.15) is 25.0 Å². The average Bonchev–Trinajstić information content (AvgIpc) is 3.19. The molecule has 5 nitrogen and oxygen atoms in total. The summed E-state index contributed by atoms with van der Waals surface area (Å²) in [7, 11) is 0. The Kier molecular flexibility index (Phi) is 4.68. The van der Waals surface area contributed by atoms with Crippen molar-refractivity contribution in [3.05, 3.63) is 24.4 Å². The van der Waals surface area contributed by atoms with Gasteiger partial charge in [-0.1, -0.05) is 15.9 Å². The van der Waals surface area contributed by atoms with Gasteiger partial charge in [-0.25, -0.2) is 9.97 Å². The predicted molar refractivity (Wildman–Crippen MR) is 91.9 cm³/mol. The van der Waals surface area contributed by atoms with Crippen molar-refractivity contribution in [3.8, 4) is 0 Å². The molecule has 4 heterocycles. The molecule has 2 aliphatic rings. The van der Waals surface area contributed by atoms with E-state index in [1.54, 1.807) is 0 Å². The zero-order valence-corrected chi connectivity index (χ0v) is 14.8. The summed E-state index contributed by atoms with van der Waals surface area (Å²) >= 11 is 2.94. The highest BCUT2D eigenvalue weighted by Gasteiger charge is 2.38. The molecule has 0 atom stereocenters. The minimum Gasteiger partial charge on any atom is -0.381 e. The van der Waals surface area contributed by atoms with E-state index in [1.807, 2.05) is 31.5 Å². The van der Waals surface area contributed by atoms with Crippen LogP contribution >= 0.6 is 15.9 Å². The number of fused-ring (bicyclic) bond motifs is 1. The van der Waals surface area contributed by atoms with E-state index in [2.05, 4.69) is 30.2 Å². The maximum atomic E-state index is 5.61. The van der Waals surface area contributed by atoms with Crippen LogP contribution in [0, 0.1) is 12.3 Å². The number of hydrogen-bond acceptors (Lipinski definition) is 4. The van der Waals surface area contributed by atoms with Gasteiger partial charge in [0.15, 0.2) is 5.82 Å². The number of imidazole rings is 1. The van der Waals surface area contributed by atoms with Crippen molar-refractivity contribution in [2.75, 3.05) is 37.0 Å². The molecule has 0 aliphatic carbocycles. The summed E-state index contributed by atoms with van der Waals surface area (Å²) in [6.45, 7) is 6.07. The monoisotopic (exact) mass is 366 g/mol. The van der Waals surface area contributed by atoms with Crippen LogP contribution < -0.4 is 4.90 Å². The Morgan fingerprint density at radius 1 is 1.23 bits per heavy atom. The lowest BCUT2D eigenvalue weighted by molar-refractivity contribution is 0.133. The molecule has 120 valence electrons. The summed E-state index contributed by atoms with van der Waals surface area (Å²) in [6, 6.07) is 0. The Balaban J connectivity index is 0.000000693. The minimum atomic E-state index is 0.441. The highest BCUT2D eigenvalue weighted by atomic mass is 79.9. The molecule has 1 spiro atoms. The van der Waals surface area contributed by atoms with Gasteiger partial charge < -0.3 is 14.0 Å². The topological polar surface area (TPSA) is 42.7 Å². The molecule has 2 fully saturated rings. The Labute approximate surface area is 139 Å². The fourth-order valence-electron chi connectivity index (χ4n) is 3.50.